The molecule has 0 aliphatic heterocycles. The second-order valence-electron chi connectivity index (χ2n) is 9.08. The summed E-state index contributed by atoms with van der Waals surface area (Å²) in [6, 6.07) is 8.92. The quantitative estimate of drug-likeness (QED) is 0.388. The molecule has 0 bridgehead atoms. The van der Waals surface area contributed by atoms with E-state index in [9.17, 15) is 4.39 Å². The minimum atomic E-state index is 0.491. The van der Waals surface area contributed by atoms with Gasteiger partial charge in [-0.3, -0.25) is 0 Å². The molecule has 0 saturated heterocycles. The van der Waals surface area contributed by atoms with E-state index in [2.05, 4.69) is 31.2 Å². The van der Waals surface area contributed by atoms with Crippen LogP contribution in [0.4, 0.5) is 4.39 Å². The van der Waals surface area contributed by atoms with E-state index in [1.54, 1.807) is 6.08 Å². The third kappa shape index (κ3) is 6.36. The lowest BCUT2D eigenvalue weighted by Crippen LogP contribution is -2.25. The van der Waals surface area contributed by atoms with Crippen LogP contribution in [0.2, 0.25) is 0 Å². The number of hydrogen-bond donors (Lipinski definition) is 0. The van der Waals surface area contributed by atoms with Gasteiger partial charge in [-0.15, -0.1) is 0 Å². The van der Waals surface area contributed by atoms with E-state index in [1.807, 2.05) is 0 Å². The van der Waals surface area contributed by atoms with Crippen molar-refractivity contribution in [3.05, 3.63) is 42.2 Å². The minimum absolute atomic E-state index is 0.491. The van der Waals surface area contributed by atoms with E-state index in [0.717, 1.165) is 42.9 Å². The molecular weight excluding hydrogens is 347 g/mol. The van der Waals surface area contributed by atoms with Gasteiger partial charge in [0.05, 0.1) is 12.9 Å². The van der Waals surface area contributed by atoms with Crippen LogP contribution in [0.15, 0.2) is 36.7 Å². The smallest absolute Gasteiger partial charge is 0.119 e. The molecule has 3 rings (SSSR count). The Morgan fingerprint density at radius 3 is 2.11 bits per heavy atom. The monoisotopic (exact) mass is 386 g/mol. The van der Waals surface area contributed by atoms with Crippen LogP contribution in [-0.4, -0.2) is 6.61 Å². The van der Waals surface area contributed by atoms with Crippen molar-refractivity contribution in [2.45, 2.75) is 89.9 Å². The highest BCUT2D eigenvalue weighted by Crippen LogP contribution is 2.44. The molecule has 2 saturated carbocycles. The molecule has 0 N–H and O–H groups in total. The van der Waals surface area contributed by atoms with Gasteiger partial charge in [0.2, 0.25) is 0 Å². The van der Waals surface area contributed by atoms with Crippen molar-refractivity contribution >= 4 is 0 Å². The molecule has 0 spiro atoms. The first-order chi connectivity index (χ1) is 13.8. The first kappa shape index (κ1) is 21.4. The summed E-state index contributed by atoms with van der Waals surface area (Å²) in [5.41, 5.74) is 1.49. The molecule has 28 heavy (non-hydrogen) atoms. The predicted molar refractivity (Wildman–Crippen MR) is 116 cm³/mol. The zero-order chi connectivity index (χ0) is 19.6. The number of unbranched alkanes of at least 4 members (excludes halogenated alkanes) is 3. The van der Waals surface area contributed by atoms with Crippen molar-refractivity contribution in [2.24, 2.45) is 17.8 Å². The van der Waals surface area contributed by atoms with E-state index in [4.69, 9.17) is 4.74 Å². The third-order valence-electron chi connectivity index (χ3n) is 7.22. The van der Waals surface area contributed by atoms with E-state index >= 15 is 0 Å². The number of hydrogen-bond acceptors (Lipinski definition) is 1. The van der Waals surface area contributed by atoms with Crippen molar-refractivity contribution in [3.8, 4) is 5.75 Å². The van der Waals surface area contributed by atoms with Crippen molar-refractivity contribution in [3.63, 3.8) is 0 Å². The van der Waals surface area contributed by atoms with Crippen LogP contribution in [-0.2, 0) is 0 Å². The van der Waals surface area contributed by atoms with Gasteiger partial charge in [0.15, 0.2) is 0 Å². The summed E-state index contributed by atoms with van der Waals surface area (Å²) in [5, 5.41) is 0. The van der Waals surface area contributed by atoms with E-state index in [-0.39, 0.29) is 0 Å². The van der Waals surface area contributed by atoms with Gasteiger partial charge in [-0.2, -0.15) is 0 Å². The second kappa shape index (κ2) is 11.6. The van der Waals surface area contributed by atoms with E-state index in [1.165, 1.54) is 76.2 Å². The summed E-state index contributed by atoms with van der Waals surface area (Å²) < 4.78 is 18.3. The summed E-state index contributed by atoms with van der Waals surface area (Å²) in [6.45, 7) is 3.08. The normalized spacial score (nSPS) is 28.5. The summed E-state index contributed by atoms with van der Waals surface area (Å²) in [4.78, 5) is 0. The van der Waals surface area contributed by atoms with E-state index in [0.29, 0.717) is 5.92 Å². The molecule has 2 heteroatoms. The minimum Gasteiger partial charge on any atom is -0.494 e. The van der Waals surface area contributed by atoms with Crippen molar-refractivity contribution in [1.82, 2.24) is 0 Å². The first-order valence-corrected chi connectivity index (χ1v) is 11.8. The zero-order valence-electron chi connectivity index (χ0n) is 17.8. The Labute approximate surface area is 171 Å². The molecule has 1 nitrogen and oxygen atoms in total. The fourth-order valence-electron chi connectivity index (χ4n) is 5.39. The predicted octanol–water partition coefficient (Wildman–Crippen LogP) is 8.21. The molecule has 156 valence electrons. The molecule has 1 aromatic rings. The van der Waals surface area contributed by atoms with Crippen LogP contribution < -0.4 is 4.74 Å². The van der Waals surface area contributed by atoms with E-state index < -0.39 is 0 Å². The molecule has 0 heterocycles. The fraction of sp³-hybridized carbons (Fsp3) is 0.692. The van der Waals surface area contributed by atoms with Gasteiger partial charge in [0, 0.05) is 0 Å². The lowest BCUT2D eigenvalue weighted by molar-refractivity contribution is 0.171. The highest BCUT2D eigenvalue weighted by molar-refractivity contribution is 5.29. The van der Waals surface area contributed by atoms with Crippen LogP contribution in [0.1, 0.15) is 95.5 Å². The first-order valence-electron chi connectivity index (χ1n) is 11.8. The van der Waals surface area contributed by atoms with Gasteiger partial charge in [-0.1, -0.05) is 44.4 Å². The standard InChI is InChI=1S/C26H39FO/c1-2-3-4-5-20-28-26-16-14-25(15-17-26)24-12-10-23(11-13-24)22-8-6-21(7-9-22)18-19-27/h14-19,21-24H,2-13,20H2,1H3/t21-,22-,23-,24-. The molecule has 1 aromatic carbocycles. The Morgan fingerprint density at radius 2 is 1.50 bits per heavy atom. The number of allylic oxidation sites excluding steroid dienone is 1. The molecule has 0 radical (unpaired) electrons. The molecule has 2 aliphatic carbocycles. The summed E-state index contributed by atoms with van der Waals surface area (Å²) in [5.74, 6) is 4.02. The van der Waals surface area contributed by atoms with Crippen LogP contribution >= 0.6 is 0 Å². The number of halogens is 1. The Bertz CT molecular complexity index is 563. The molecule has 2 fully saturated rings. The average molecular weight is 387 g/mol. The molecule has 0 amide bonds. The lowest BCUT2D eigenvalue weighted by Gasteiger charge is -2.37. The number of ether oxygens (including phenoxy) is 1. The maximum atomic E-state index is 12.4. The highest BCUT2D eigenvalue weighted by atomic mass is 19.1. The van der Waals surface area contributed by atoms with Gasteiger partial charge in [0.25, 0.3) is 0 Å². The van der Waals surface area contributed by atoms with Crippen LogP contribution in [0.5, 0.6) is 5.75 Å². The molecule has 0 atom stereocenters. The van der Waals surface area contributed by atoms with Crippen molar-refractivity contribution in [2.75, 3.05) is 6.61 Å². The Balaban J connectivity index is 1.39. The Morgan fingerprint density at radius 1 is 0.857 bits per heavy atom. The van der Waals surface area contributed by atoms with Gasteiger partial charge in [-0.05, 0) is 99.2 Å². The number of rotatable bonds is 9. The topological polar surface area (TPSA) is 9.23 Å². The SMILES string of the molecule is CCCCCCOc1ccc([C@H]2CC[C@H]([C@H]3CC[C@H](C=CF)CC3)CC2)cc1. The zero-order valence-corrected chi connectivity index (χ0v) is 17.8. The largest absolute Gasteiger partial charge is 0.494 e. The summed E-state index contributed by atoms with van der Waals surface area (Å²) in [7, 11) is 0. The van der Waals surface area contributed by atoms with Crippen molar-refractivity contribution in [1.29, 1.82) is 0 Å². The molecular formula is C26H39FO. The fourth-order valence-corrected chi connectivity index (χ4v) is 5.39. The molecule has 0 unspecified atom stereocenters. The third-order valence-corrected chi connectivity index (χ3v) is 7.22. The van der Waals surface area contributed by atoms with Gasteiger partial charge < -0.3 is 4.74 Å². The molecule has 0 aromatic heterocycles. The molecule has 2 aliphatic rings. The highest BCUT2D eigenvalue weighted by Gasteiger charge is 2.30. The van der Waals surface area contributed by atoms with Crippen molar-refractivity contribution < 1.29 is 9.13 Å². The summed E-state index contributed by atoms with van der Waals surface area (Å²) in [6.07, 6.45) is 17.9. The Hall–Kier alpha value is -1.31. The maximum Gasteiger partial charge on any atom is 0.119 e. The van der Waals surface area contributed by atoms with Gasteiger partial charge in [-0.25, -0.2) is 4.39 Å². The second-order valence-corrected chi connectivity index (χ2v) is 9.08. The Kier molecular flexibility index (Phi) is 8.89. The average Bonchev–Trinajstić information content (AvgIpc) is 2.75. The van der Waals surface area contributed by atoms with Crippen LogP contribution in [0.3, 0.4) is 0 Å². The van der Waals surface area contributed by atoms with Crippen LogP contribution in [0.25, 0.3) is 0 Å². The van der Waals surface area contributed by atoms with Crippen LogP contribution in [0, 0.1) is 17.8 Å². The maximum absolute atomic E-state index is 12.4. The van der Waals surface area contributed by atoms with Gasteiger partial charge >= 0.3 is 0 Å². The van der Waals surface area contributed by atoms with Gasteiger partial charge in [0.1, 0.15) is 5.75 Å². The summed E-state index contributed by atoms with van der Waals surface area (Å²) >= 11 is 0. The number of benzene rings is 1. The lowest BCUT2D eigenvalue weighted by atomic mass is 9.68.